The second-order valence-corrected chi connectivity index (χ2v) is 3.98. The summed E-state index contributed by atoms with van der Waals surface area (Å²) in [6.45, 7) is 0.787. The van der Waals surface area contributed by atoms with Gasteiger partial charge in [0.15, 0.2) is 0 Å². The summed E-state index contributed by atoms with van der Waals surface area (Å²) in [7, 11) is 4.00. The van der Waals surface area contributed by atoms with E-state index in [2.05, 4.69) is 15.2 Å². The van der Waals surface area contributed by atoms with Gasteiger partial charge in [-0.2, -0.15) is 0 Å². The van der Waals surface area contributed by atoms with Crippen molar-refractivity contribution in [1.29, 1.82) is 0 Å². The Kier molecular flexibility index (Phi) is 2.87. The number of aromatic nitrogens is 3. The maximum absolute atomic E-state index is 5.62. The highest BCUT2D eigenvalue weighted by molar-refractivity contribution is 5.44. The molecule has 84 valence electrons. The zero-order valence-corrected chi connectivity index (χ0v) is 9.46. The molecule has 0 spiro atoms. The van der Waals surface area contributed by atoms with E-state index in [1.54, 1.807) is 4.68 Å². The highest BCUT2D eigenvalue weighted by atomic mass is 15.4. The average Bonchev–Trinajstić information content (AvgIpc) is 2.66. The summed E-state index contributed by atoms with van der Waals surface area (Å²) < 4.78 is 1.75. The van der Waals surface area contributed by atoms with Crippen molar-refractivity contribution in [2.45, 2.75) is 6.54 Å². The Balaban J connectivity index is 2.21. The largest absolute Gasteiger partial charge is 0.399 e. The first-order valence-electron chi connectivity index (χ1n) is 5.07. The minimum absolute atomic E-state index is 0.748. The van der Waals surface area contributed by atoms with Crippen LogP contribution in [0.25, 0.3) is 5.69 Å². The Morgan fingerprint density at radius 3 is 2.56 bits per heavy atom. The third kappa shape index (κ3) is 2.38. The van der Waals surface area contributed by atoms with Crippen LogP contribution in [-0.4, -0.2) is 34.0 Å². The minimum Gasteiger partial charge on any atom is -0.399 e. The Morgan fingerprint density at radius 2 is 1.94 bits per heavy atom. The topological polar surface area (TPSA) is 60.0 Å². The zero-order valence-electron chi connectivity index (χ0n) is 9.46. The molecule has 0 fully saturated rings. The van der Waals surface area contributed by atoms with Crippen molar-refractivity contribution in [1.82, 2.24) is 19.9 Å². The van der Waals surface area contributed by atoms with Crippen LogP contribution < -0.4 is 5.73 Å². The van der Waals surface area contributed by atoms with Gasteiger partial charge in [-0.05, 0) is 38.4 Å². The highest BCUT2D eigenvalue weighted by Crippen LogP contribution is 2.10. The third-order valence-electron chi connectivity index (χ3n) is 2.18. The molecular weight excluding hydrogens is 202 g/mol. The Morgan fingerprint density at radius 1 is 1.25 bits per heavy atom. The van der Waals surface area contributed by atoms with E-state index in [-0.39, 0.29) is 0 Å². The molecule has 0 bridgehead atoms. The van der Waals surface area contributed by atoms with Crippen molar-refractivity contribution in [2.24, 2.45) is 0 Å². The molecular formula is C11H15N5. The molecule has 1 aromatic carbocycles. The average molecular weight is 217 g/mol. The lowest BCUT2D eigenvalue weighted by Gasteiger charge is -2.04. The second-order valence-electron chi connectivity index (χ2n) is 3.98. The van der Waals surface area contributed by atoms with E-state index < -0.39 is 0 Å². The van der Waals surface area contributed by atoms with Gasteiger partial charge in [0, 0.05) is 12.2 Å². The fraction of sp³-hybridized carbons (Fsp3) is 0.273. The van der Waals surface area contributed by atoms with Crippen molar-refractivity contribution in [3.63, 3.8) is 0 Å². The first-order chi connectivity index (χ1) is 7.65. The fourth-order valence-electron chi connectivity index (χ4n) is 1.45. The van der Waals surface area contributed by atoms with E-state index in [1.807, 2.05) is 44.6 Å². The standard InChI is InChI=1S/C11H15N5/c1-15(2)7-10-8-16(14-13-10)11-5-3-9(12)4-6-11/h3-6,8H,7,12H2,1-2H3. The lowest BCUT2D eigenvalue weighted by molar-refractivity contribution is 0.396. The fourth-order valence-corrected chi connectivity index (χ4v) is 1.45. The normalized spacial score (nSPS) is 10.9. The maximum Gasteiger partial charge on any atom is 0.0971 e. The van der Waals surface area contributed by atoms with E-state index in [0.717, 1.165) is 23.6 Å². The summed E-state index contributed by atoms with van der Waals surface area (Å²) in [5.41, 5.74) is 8.28. The summed E-state index contributed by atoms with van der Waals surface area (Å²) in [4.78, 5) is 2.05. The van der Waals surface area contributed by atoms with Crippen LogP contribution in [-0.2, 0) is 6.54 Å². The highest BCUT2D eigenvalue weighted by Gasteiger charge is 2.03. The van der Waals surface area contributed by atoms with Gasteiger partial charge in [-0.25, -0.2) is 4.68 Å². The number of rotatable bonds is 3. The number of nitrogens with zero attached hydrogens (tertiary/aromatic N) is 4. The number of nitrogens with two attached hydrogens (primary N) is 1. The molecule has 0 atom stereocenters. The molecule has 0 radical (unpaired) electrons. The Bertz CT molecular complexity index is 457. The quantitative estimate of drug-likeness (QED) is 0.776. The van der Waals surface area contributed by atoms with E-state index >= 15 is 0 Å². The number of nitrogen functional groups attached to an aromatic ring is 1. The van der Waals surface area contributed by atoms with Crippen LogP contribution in [0.1, 0.15) is 5.69 Å². The SMILES string of the molecule is CN(C)Cc1cn(-c2ccc(N)cc2)nn1. The summed E-state index contributed by atoms with van der Waals surface area (Å²) in [6.07, 6.45) is 1.92. The van der Waals surface area contributed by atoms with Crippen LogP contribution in [0.3, 0.4) is 0 Å². The van der Waals surface area contributed by atoms with Crippen LogP contribution in [0.15, 0.2) is 30.5 Å². The second kappa shape index (κ2) is 4.32. The molecule has 0 saturated carbocycles. The van der Waals surface area contributed by atoms with E-state index in [0.29, 0.717) is 0 Å². The molecule has 0 amide bonds. The first-order valence-corrected chi connectivity index (χ1v) is 5.07. The minimum atomic E-state index is 0.748. The molecule has 5 heteroatoms. The molecule has 0 aliphatic rings. The van der Waals surface area contributed by atoms with Gasteiger partial charge in [-0.15, -0.1) is 5.10 Å². The monoisotopic (exact) mass is 217 g/mol. The van der Waals surface area contributed by atoms with Gasteiger partial charge in [-0.1, -0.05) is 5.21 Å². The van der Waals surface area contributed by atoms with Gasteiger partial charge >= 0.3 is 0 Å². The Labute approximate surface area is 94.5 Å². The van der Waals surface area contributed by atoms with Crippen molar-refractivity contribution in [2.75, 3.05) is 19.8 Å². The molecule has 0 aliphatic heterocycles. The zero-order chi connectivity index (χ0) is 11.5. The number of hydrogen-bond acceptors (Lipinski definition) is 4. The van der Waals surface area contributed by atoms with Crippen LogP contribution in [0, 0.1) is 0 Å². The van der Waals surface area contributed by atoms with Crippen LogP contribution in [0.2, 0.25) is 0 Å². The smallest absolute Gasteiger partial charge is 0.0971 e. The molecule has 0 unspecified atom stereocenters. The van der Waals surface area contributed by atoms with Crippen LogP contribution in [0.5, 0.6) is 0 Å². The van der Waals surface area contributed by atoms with Crippen molar-refractivity contribution in [3.8, 4) is 5.69 Å². The molecule has 1 aromatic heterocycles. The summed E-state index contributed by atoms with van der Waals surface area (Å²) in [5, 5.41) is 8.16. The van der Waals surface area contributed by atoms with Crippen LogP contribution in [0.4, 0.5) is 5.69 Å². The van der Waals surface area contributed by atoms with E-state index in [4.69, 9.17) is 5.73 Å². The summed E-state index contributed by atoms with van der Waals surface area (Å²) in [6, 6.07) is 7.54. The molecule has 0 saturated heterocycles. The van der Waals surface area contributed by atoms with Gasteiger partial charge in [0.05, 0.1) is 17.6 Å². The number of anilines is 1. The number of hydrogen-bond donors (Lipinski definition) is 1. The first kappa shape index (κ1) is 10.6. The molecule has 2 N–H and O–H groups in total. The lowest BCUT2D eigenvalue weighted by atomic mass is 10.3. The molecule has 0 aliphatic carbocycles. The Hall–Kier alpha value is -1.88. The van der Waals surface area contributed by atoms with Crippen molar-refractivity contribution < 1.29 is 0 Å². The predicted molar refractivity (Wildman–Crippen MR) is 63.2 cm³/mol. The molecule has 16 heavy (non-hydrogen) atoms. The predicted octanol–water partition coefficient (Wildman–Crippen LogP) is 0.911. The third-order valence-corrected chi connectivity index (χ3v) is 2.18. The van der Waals surface area contributed by atoms with Crippen molar-refractivity contribution >= 4 is 5.69 Å². The summed E-state index contributed by atoms with van der Waals surface area (Å²) >= 11 is 0. The van der Waals surface area contributed by atoms with Gasteiger partial charge in [0.25, 0.3) is 0 Å². The van der Waals surface area contributed by atoms with E-state index in [9.17, 15) is 0 Å². The molecule has 1 heterocycles. The van der Waals surface area contributed by atoms with Gasteiger partial charge in [0.2, 0.25) is 0 Å². The van der Waals surface area contributed by atoms with Crippen molar-refractivity contribution in [3.05, 3.63) is 36.2 Å². The van der Waals surface area contributed by atoms with Gasteiger partial charge in [-0.3, -0.25) is 0 Å². The molecule has 5 nitrogen and oxygen atoms in total. The number of benzene rings is 1. The summed E-state index contributed by atoms with van der Waals surface area (Å²) in [5.74, 6) is 0. The molecule has 2 rings (SSSR count). The maximum atomic E-state index is 5.62. The van der Waals surface area contributed by atoms with E-state index in [1.165, 1.54) is 0 Å². The molecule has 2 aromatic rings. The lowest BCUT2D eigenvalue weighted by Crippen LogP contribution is -2.10. The van der Waals surface area contributed by atoms with Gasteiger partial charge < -0.3 is 10.6 Å². The van der Waals surface area contributed by atoms with Crippen LogP contribution >= 0.6 is 0 Å². The van der Waals surface area contributed by atoms with Gasteiger partial charge in [0.1, 0.15) is 0 Å².